The summed E-state index contributed by atoms with van der Waals surface area (Å²) in [7, 11) is 0. The number of nitrogens with one attached hydrogen (secondary N) is 2. The van der Waals surface area contributed by atoms with E-state index in [9.17, 15) is 9.59 Å². The molecule has 0 saturated heterocycles. The SMILES string of the molecule is Nc1nc(-c2ccc(NC(=O)C(Cc3ccccc3)NC(=O)O)cc2)cs1. The fourth-order valence-electron chi connectivity index (χ4n) is 2.58. The van der Waals surface area contributed by atoms with Gasteiger partial charge in [-0.1, -0.05) is 42.5 Å². The van der Waals surface area contributed by atoms with Crippen LogP contribution >= 0.6 is 11.3 Å². The second-order valence-corrected chi connectivity index (χ2v) is 6.72. The predicted octanol–water partition coefficient (Wildman–Crippen LogP) is 3.21. The largest absolute Gasteiger partial charge is 0.465 e. The maximum Gasteiger partial charge on any atom is 0.405 e. The van der Waals surface area contributed by atoms with E-state index in [0.29, 0.717) is 10.8 Å². The Morgan fingerprint density at radius 3 is 2.41 bits per heavy atom. The summed E-state index contributed by atoms with van der Waals surface area (Å²) in [6.45, 7) is 0. The molecule has 2 amide bonds. The number of amides is 2. The summed E-state index contributed by atoms with van der Waals surface area (Å²) < 4.78 is 0. The van der Waals surface area contributed by atoms with Crippen molar-refractivity contribution in [1.29, 1.82) is 0 Å². The smallest absolute Gasteiger partial charge is 0.405 e. The van der Waals surface area contributed by atoms with E-state index in [1.165, 1.54) is 11.3 Å². The van der Waals surface area contributed by atoms with Crippen LogP contribution in [0.25, 0.3) is 11.3 Å². The van der Waals surface area contributed by atoms with E-state index < -0.39 is 18.0 Å². The Morgan fingerprint density at radius 2 is 1.81 bits per heavy atom. The summed E-state index contributed by atoms with van der Waals surface area (Å²) in [5.41, 5.74) is 8.72. The summed E-state index contributed by atoms with van der Waals surface area (Å²) in [6.07, 6.45) is -0.989. The van der Waals surface area contributed by atoms with Crippen LogP contribution in [0.15, 0.2) is 60.0 Å². The van der Waals surface area contributed by atoms with Crippen LogP contribution < -0.4 is 16.4 Å². The van der Waals surface area contributed by atoms with Crippen LogP contribution in [-0.2, 0) is 11.2 Å². The average Bonchev–Trinajstić information content (AvgIpc) is 3.09. The summed E-state index contributed by atoms with van der Waals surface area (Å²) in [5.74, 6) is -0.424. The summed E-state index contributed by atoms with van der Waals surface area (Å²) in [6, 6.07) is 15.5. The molecule has 0 bridgehead atoms. The van der Waals surface area contributed by atoms with Crippen molar-refractivity contribution in [2.24, 2.45) is 0 Å². The minimum absolute atomic E-state index is 0.259. The average molecular weight is 382 g/mol. The number of carboxylic acid groups (broad SMARTS) is 1. The number of hydrogen-bond donors (Lipinski definition) is 4. The zero-order valence-electron chi connectivity index (χ0n) is 14.3. The number of carbonyl (C=O) groups is 2. The van der Waals surface area contributed by atoms with Crippen molar-refractivity contribution < 1.29 is 14.7 Å². The molecule has 8 heteroatoms. The van der Waals surface area contributed by atoms with Gasteiger partial charge in [0.25, 0.3) is 0 Å². The third-order valence-electron chi connectivity index (χ3n) is 3.87. The van der Waals surface area contributed by atoms with Crippen molar-refractivity contribution in [2.75, 3.05) is 11.1 Å². The summed E-state index contributed by atoms with van der Waals surface area (Å²) in [5, 5.41) is 16.4. The minimum Gasteiger partial charge on any atom is -0.465 e. The van der Waals surface area contributed by atoms with Gasteiger partial charge in [0.2, 0.25) is 5.91 Å². The lowest BCUT2D eigenvalue weighted by Crippen LogP contribution is -2.44. The monoisotopic (exact) mass is 382 g/mol. The van der Waals surface area contributed by atoms with Gasteiger partial charge in [-0.3, -0.25) is 4.79 Å². The molecule has 0 spiro atoms. The highest BCUT2D eigenvalue weighted by Crippen LogP contribution is 2.24. The number of hydrogen-bond acceptors (Lipinski definition) is 5. The maximum atomic E-state index is 12.5. The Bertz CT molecular complexity index is 926. The zero-order valence-corrected chi connectivity index (χ0v) is 15.1. The molecule has 1 atom stereocenters. The molecular weight excluding hydrogens is 364 g/mol. The van der Waals surface area contributed by atoms with Gasteiger partial charge in [-0.25, -0.2) is 9.78 Å². The molecule has 0 aliphatic heterocycles. The third-order valence-corrected chi connectivity index (χ3v) is 4.54. The van der Waals surface area contributed by atoms with Crippen LogP contribution in [0, 0.1) is 0 Å². The zero-order chi connectivity index (χ0) is 19.2. The molecule has 3 aromatic rings. The molecule has 138 valence electrons. The van der Waals surface area contributed by atoms with Crippen LogP contribution in [0.1, 0.15) is 5.56 Å². The number of thiazole rings is 1. The predicted molar refractivity (Wildman–Crippen MR) is 106 cm³/mol. The van der Waals surface area contributed by atoms with E-state index >= 15 is 0 Å². The van der Waals surface area contributed by atoms with Crippen LogP contribution in [0.4, 0.5) is 15.6 Å². The van der Waals surface area contributed by atoms with Crippen LogP contribution in [0.2, 0.25) is 0 Å². The van der Waals surface area contributed by atoms with Gasteiger partial charge in [0.05, 0.1) is 5.69 Å². The molecule has 5 N–H and O–H groups in total. The Balaban J connectivity index is 1.69. The summed E-state index contributed by atoms with van der Waals surface area (Å²) in [4.78, 5) is 27.8. The Labute approximate surface area is 159 Å². The third kappa shape index (κ3) is 5.05. The highest BCUT2D eigenvalue weighted by molar-refractivity contribution is 7.13. The lowest BCUT2D eigenvalue weighted by Gasteiger charge is -2.17. The van der Waals surface area contributed by atoms with Gasteiger partial charge in [-0.05, 0) is 17.7 Å². The van der Waals surface area contributed by atoms with Crippen molar-refractivity contribution in [3.8, 4) is 11.3 Å². The molecule has 2 aromatic carbocycles. The van der Waals surface area contributed by atoms with E-state index in [-0.39, 0.29) is 6.42 Å². The molecular formula is C19H18N4O3S. The number of carbonyl (C=O) groups excluding carboxylic acids is 1. The van der Waals surface area contributed by atoms with Gasteiger partial charge in [-0.15, -0.1) is 11.3 Å². The Morgan fingerprint density at radius 1 is 1.11 bits per heavy atom. The van der Waals surface area contributed by atoms with Crippen molar-refractivity contribution in [2.45, 2.75) is 12.5 Å². The fourth-order valence-corrected chi connectivity index (χ4v) is 3.15. The number of nitrogen functional groups attached to an aromatic ring is 1. The van der Waals surface area contributed by atoms with E-state index in [1.54, 1.807) is 12.1 Å². The first-order valence-electron chi connectivity index (χ1n) is 8.17. The molecule has 0 radical (unpaired) electrons. The topological polar surface area (TPSA) is 117 Å². The minimum atomic E-state index is -1.25. The second kappa shape index (κ2) is 8.33. The highest BCUT2D eigenvalue weighted by Gasteiger charge is 2.21. The van der Waals surface area contributed by atoms with Gasteiger partial charge >= 0.3 is 6.09 Å². The van der Waals surface area contributed by atoms with Crippen molar-refractivity contribution in [1.82, 2.24) is 10.3 Å². The van der Waals surface area contributed by atoms with Crippen molar-refractivity contribution >= 4 is 34.2 Å². The second-order valence-electron chi connectivity index (χ2n) is 5.83. The lowest BCUT2D eigenvalue weighted by molar-refractivity contribution is -0.118. The Hall–Kier alpha value is -3.39. The van der Waals surface area contributed by atoms with Gasteiger partial charge in [0, 0.05) is 23.1 Å². The number of aromatic nitrogens is 1. The van der Waals surface area contributed by atoms with Gasteiger partial charge < -0.3 is 21.5 Å². The van der Waals surface area contributed by atoms with E-state index in [0.717, 1.165) is 16.8 Å². The first-order chi connectivity index (χ1) is 13.0. The van der Waals surface area contributed by atoms with E-state index in [2.05, 4.69) is 15.6 Å². The molecule has 0 aliphatic rings. The molecule has 3 rings (SSSR count). The summed E-state index contributed by atoms with van der Waals surface area (Å²) >= 11 is 1.36. The molecule has 1 heterocycles. The molecule has 0 saturated carbocycles. The number of nitrogens with two attached hydrogens (primary N) is 1. The first kappa shape index (κ1) is 18.4. The molecule has 0 fully saturated rings. The van der Waals surface area contributed by atoms with Gasteiger partial charge in [-0.2, -0.15) is 0 Å². The van der Waals surface area contributed by atoms with Gasteiger partial charge in [0.1, 0.15) is 6.04 Å². The molecule has 27 heavy (non-hydrogen) atoms. The van der Waals surface area contributed by atoms with Crippen molar-refractivity contribution in [3.63, 3.8) is 0 Å². The number of rotatable bonds is 6. The molecule has 1 aromatic heterocycles. The lowest BCUT2D eigenvalue weighted by atomic mass is 10.1. The van der Waals surface area contributed by atoms with Crippen LogP contribution in [0.3, 0.4) is 0 Å². The van der Waals surface area contributed by atoms with Crippen LogP contribution in [0.5, 0.6) is 0 Å². The number of nitrogens with zero attached hydrogens (tertiary/aromatic N) is 1. The van der Waals surface area contributed by atoms with Crippen LogP contribution in [-0.4, -0.2) is 28.1 Å². The van der Waals surface area contributed by atoms with Gasteiger partial charge in [0.15, 0.2) is 5.13 Å². The fraction of sp³-hybridized carbons (Fsp3) is 0.105. The number of benzene rings is 2. The Kier molecular flexibility index (Phi) is 5.68. The van der Waals surface area contributed by atoms with Crippen molar-refractivity contribution in [3.05, 3.63) is 65.5 Å². The highest BCUT2D eigenvalue weighted by atomic mass is 32.1. The standard InChI is InChI=1S/C19H18N4O3S/c20-18-22-16(11-27-18)13-6-8-14(9-7-13)21-17(24)15(23-19(25)26)10-12-4-2-1-3-5-12/h1-9,11,15,23H,10H2,(H2,20,22)(H,21,24)(H,25,26). The first-order valence-corrected chi connectivity index (χ1v) is 9.05. The number of anilines is 2. The normalized spacial score (nSPS) is 11.6. The van der Waals surface area contributed by atoms with E-state index in [1.807, 2.05) is 47.8 Å². The molecule has 0 aliphatic carbocycles. The van der Waals surface area contributed by atoms with E-state index in [4.69, 9.17) is 10.8 Å². The molecule has 7 nitrogen and oxygen atoms in total. The quantitative estimate of drug-likeness (QED) is 0.522. The maximum absolute atomic E-state index is 12.5. The molecule has 1 unspecified atom stereocenters.